The number of hydrogen-bond acceptors (Lipinski definition) is 3. The molecule has 1 aromatic rings. The van der Waals surface area contributed by atoms with E-state index >= 15 is 0 Å². The van der Waals surface area contributed by atoms with Gasteiger partial charge in [-0.1, -0.05) is 38.3 Å². The number of unbranched alkanes of at least 4 members (excludes halogenated alkanes) is 1. The lowest BCUT2D eigenvalue weighted by molar-refractivity contribution is -0.384. The molecule has 110 valence electrons. The molecule has 0 aliphatic rings. The van der Waals surface area contributed by atoms with E-state index in [0.717, 1.165) is 19.3 Å². The zero-order chi connectivity index (χ0) is 15.1. The highest BCUT2D eigenvalue weighted by Gasteiger charge is 2.14. The highest BCUT2D eigenvalue weighted by Crippen LogP contribution is 2.22. The van der Waals surface area contributed by atoms with Crippen molar-refractivity contribution in [2.75, 3.05) is 6.54 Å². The van der Waals surface area contributed by atoms with Gasteiger partial charge in [-0.05, 0) is 18.4 Å². The number of nitro benzene ring substituents is 1. The highest BCUT2D eigenvalue weighted by molar-refractivity contribution is 6.34. The first kappa shape index (κ1) is 16.4. The second kappa shape index (κ2) is 7.85. The molecule has 5 nitrogen and oxygen atoms in total. The molecule has 1 rings (SSSR count). The summed E-state index contributed by atoms with van der Waals surface area (Å²) in [5.41, 5.74) is 0.143. The molecule has 0 fully saturated rings. The molecule has 0 bridgehead atoms. The normalized spacial score (nSPS) is 10.6. The number of amides is 1. The average molecular weight is 299 g/mol. The Morgan fingerprint density at radius 3 is 2.65 bits per heavy atom. The van der Waals surface area contributed by atoms with Gasteiger partial charge in [0.1, 0.15) is 0 Å². The molecule has 6 heteroatoms. The van der Waals surface area contributed by atoms with Crippen LogP contribution in [0.25, 0.3) is 0 Å². The summed E-state index contributed by atoms with van der Waals surface area (Å²) in [6.07, 6.45) is 3.11. The topological polar surface area (TPSA) is 72.2 Å². The molecule has 0 radical (unpaired) electrons. The Balaban J connectivity index is 2.49. The van der Waals surface area contributed by atoms with Gasteiger partial charge in [0.15, 0.2) is 0 Å². The number of non-ortho nitro benzene ring substituents is 1. The van der Waals surface area contributed by atoms with Gasteiger partial charge in [-0.15, -0.1) is 0 Å². The summed E-state index contributed by atoms with van der Waals surface area (Å²) in [6, 6.07) is 3.85. The number of hydrogen-bond donors (Lipinski definition) is 1. The first-order valence-electron chi connectivity index (χ1n) is 6.64. The molecule has 20 heavy (non-hydrogen) atoms. The van der Waals surface area contributed by atoms with Crippen molar-refractivity contribution in [1.82, 2.24) is 5.32 Å². The zero-order valence-electron chi connectivity index (χ0n) is 11.7. The molecule has 0 saturated carbocycles. The number of carbonyl (C=O) groups excluding carboxylic acids is 1. The quantitative estimate of drug-likeness (QED) is 0.473. The van der Waals surface area contributed by atoms with Gasteiger partial charge in [0.25, 0.3) is 11.6 Å². The first-order valence-corrected chi connectivity index (χ1v) is 7.01. The predicted octanol–water partition coefficient (Wildman–Crippen LogP) is 3.80. The smallest absolute Gasteiger partial charge is 0.270 e. The van der Waals surface area contributed by atoms with Gasteiger partial charge in [-0.2, -0.15) is 0 Å². The predicted molar refractivity (Wildman–Crippen MR) is 79.1 cm³/mol. The minimum Gasteiger partial charge on any atom is -0.352 e. The average Bonchev–Trinajstić information content (AvgIpc) is 2.37. The Morgan fingerprint density at radius 1 is 1.40 bits per heavy atom. The van der Waals surface area contributed by atoms with Crippen LogP contribution in [0.2, 0.25) is 5.02 Å². The van der Waals surface area contributed by atoms with Crippen molar-refractivity contribution in [2.45, 2.75) is 33.1 Å². The van der Waals surface area contributed by atoms with Gasteiger partial charge >= 0.3 is 0 Å². The summed E-state index contributed by atoms with van der Waals surface area (Å²) >= 11 is 5.88. The van der Waals surface area contributed by atoms with E-state index in [1.807, 2.05) is 0 Å². The zero-order valence-corrected chi connectivity index (χ0v) is 12.4. The van der Waals surface area contributed by atoms with Crippen molar-refractivity contribution < 1.29 is 9.72 Å². The number of nitro groups is 1. The lowest BCUT2D eigenvalue weighted by atomic mass is 10.1. The lowest BCUT2D eigenvalue weighted by Gasteiger charge is -2.07. The van der Waals surface area contributed by atoms with Crippen molar-refractivity contribution in [1.29, 1.82) is 0 Å². The first-order chi connectivity index (χ1) is 9.41. The Bertz CT molecular complexity index is 489. The number of nitrogens with one attached hydrogen (secondary N) is 1. The van der Waals surface area contributed by atoms with Crippen LogP contribution in [0, 0.1) is 16.0 Å². The van der Waals surface area contributed by atoms with E-state index in [1.165, 1.54) is 18.2 Å². The van der Waals surface area contributed by atoms with Crippen LogP contribution in [-0.4, -0.2) is 17.4 Å². The van der Waals surface area contributed by atoms with E-state index < -0.39 is 4.92 Å². The lowest BCUT2D eigenvalue weighted by Crippen LogP contribution is -2.24. The molecule has 1 amide bonds. The van der Waals surface area contributed by atoms with Crippen LogP contribution < -0.4 is 5.32 Å². The van der Waals surface area contributed by atoms with E-state index in [-0.39, 0.29) is 22.2 Å². The fourth-order valence-corrected chi connectivity index (χ4v) is 2.04. The Hall–Kier alpha value is -1.62. The molecule has 0 saturated heterocycles. The number of nitrogens with zero attached hydrogens (tertiary/aromatic N) is 1. The van der Waals surface area contributed by atoms with Crippen molar-refractivity contribution in [2.24, 2.45) is 5.92 Å². The molecule has 1 aromatic carbocycles. The van der Waals surface area contributed by atoms with E-state index in [9.17, 15) is 14.9 Å². The second-order valence-electron chi connectivity index (χ2n) is 5.07. The van der Waals surface area contributed by atoms with Crippen LogP contribution in [0.1, 0.15) is 43.5 Å². The summed E-state index contributed by atoms with van der Waals surface area (Å²) in [5, 5.41) is 13.4. The third kappa shape index (κ3) is 5.17. The second-order valence-corrected chi connectivity index (χ2v) is 5.47. The van der Waals surface area contributed by atoms with Crippen LogP contribution in [0.15, 0.2) is 18.2 Å². The van der Waals surface area contributed by atoms with Gasteiger partial charge in [0, 0.05) is 18.7 Å². The molecule has 0 aromatic heterocycles. The summed E-state index contributed by atoms with van der Waals surface area (Å²) < 4.78 is 0. The van der Waals surface area contributed by atoms with E-state index in [1.54, 1.807) is 0 Å². The largest absolute Gasteiger partial charge is 0.352 e. The molecular weight excluding hydrogens is 280 g/mol. The molecule has 0 aliphatic carbocycles. The molecule has 0 atom stereocenters. The third-order valence-corrected chi connectivity index (χ3v) is 3.21. The number of benzene rings is 1. The standard InChI is InChI=1S/C14H19ClN2O3/c1-10(2)5-3-4-8-16-14(18)12-7-6-11(17(19)20)9-13(12)15/h6-7,9-10H,3-5,8H2,1-2H3,(H,16,18). The van der Waals surface area contributed by atoms with E-state index in [2.05, 4.69) is 19.2 Å². The van der Waals surface area contributed by atoms with E-state index in [4.69, 9.17) is 11.6 Å². The Kier molecular flexibility index (Phi) is 6.45. The Morgan fingerprint density at radius 2 is 2.10 bits per heavy atom. The molecule has 0 unspecified atom stereocenters. The molecular formula is C14H19ClN2O3. The maximum atomic E-state index is 11.9. The Labute approximate surface area is 123 Å². The van der Waals surface area contributed by atoms with Crippen LogP contribution in [0.5, 0.6) is 0 Å². The number of halogens is 1. The minimum atomic E-state index is -0.542. The van der Waals surface area contributed by atoms with Crippen molar-refractivity contribution in [3.05, 3.63) is 38.9 Å². The highest BCUT2D eigenvalue weighted by atomic mass is 35.5. The van der Waals surface area contributed by atoms with Gasteiger partial charge < -0.3 is 5.32 Å². The van der Waals surface area contributed by atoms with Crippen LogP contribution in [-0.2, 0) is 0 Å². The molecule has 0 heterocycles. The summed E-state index contributed by atoms with van der Waals surface area (Å²) in [6.45, 7) is 4.91. The van der Waals surface area contributed by atoms with Gasteiger partial charge in [-0.3, -0.25) is 14.9 Å². The minimum absolute atomic E-state index is 0.0962. The molecule has 0 aliphatic heterocycles. The maximum absolute atomic E-state index is 11.9. The SMILES string of the molecule is CC(C)CCCCNC(=O)c1ccc([N+](=O)[O-])cc1Cl. The fraction of sp³-hybridized carbons (Fsp3) is 0.500. The van der Waals surface area contributed by atoms with Gasteiger partial charge in [-0.25, -0.2) is 0 Å². The molecule has 1 N–H and O–H groups in total. The third-order valence-electron chi connectivity index (χ3n) is 2.90. The van der Waals surface area contributed by atoms with Crippen molar-refractivity contribution >= 4 is 23.2 Å². The summed E-state index contributed by atoms with van der Waals surface area (Å²) in [5.74, 6) is 0.365. The van der Waals surface area contributed by atoms with Crippen molar-refractivity contribution in [3.63, 3.8) is 0 Å². The summed E-state index contributed by atoms with van der Waals surface area (Å²) in [7, 11) is 0. The van der Waals surface area contributed by atoms with Gasteiger partial charge in [0.2, 0.25) is 0 Å². The van der Waals surface area contributed by atoms with Crippen LogP contribution in [0.4, 0.5) is 5.69 Å². The maximum Gasteiger partial charge on any atom is 0.270 e. The number of rotatable bonds is 7. The van der Waals surface area contributed by atoms with Crippen LogP contribution >= 0.6 is 11.6 Å². The van der Waals surface area contributed by atoms with Crippen LogP contribution in [0.3, 0.4) is 0 Å². The monoisotopic (exact) mass is 298 g/mol. The summed E-state index contributed by atoms with van der Waals surface area (Å²) in [4.78, 5) is 21.9. The van der Waals surface area contributed by atoms with Crippen molar-refractivity contribution in [3.8, 4) is 0 Å². The molecule has 0 spiro atoms. The fourth-order valence-electron chi connectivity index (χ4n) is 1.78. The van der Waals surface area contributed by atoms with E-state index in [0.29, 0.717) is 12.5 Å². The number of carbonyl (C=O) groups is 1. The van der Waals surface area contributed by atoms with Gasteiger partial charge in [0.05, 0.1) is 15.5 Å².